The van der Waals surface area contributed by atoms with Gasteiger partial charge in [-0.1, -0.05) is 17.8 Å². The van der Waals surface area contributed by atoms with Crippen molar-refractivity contribution in [1.82, 2.24) is 15.5 Å². The minimum absolute atomic E-state index is 0.121. The molecule has 3 aromatic rings. The quantitative estimate of drug-likeness (QED) is 0.696. The van der Waals surface area contributed by atoms with Crippen LogP contribution in [0.25, 0.3) is 10.8 Å². The third-order valence-corrected chi connectivity index (χ3v) is 4.49. The van der Waals surface area contributed by atoms with Gasteiger partial charge in [-0.05, 0) is 30.5 Å². The number of carbonyl (C=O) groups excluding carboxylic acids is 1. The molecule has 0 saturated carbocycles. The summed E-state index contributed by atoms with van der Waals surface area (Å²) < 4.78 is 10.8. The van der Waals surface area contributed by atoms with Crippen molar-refractivity contribution in [3.8, 4) is 10.8 Å². The third kappa shape index (κ3) is 3.58. The van der Waals surface area contributed by atoms with Gasteiger partial charge >= 0.3 is 0 Å². The predicted octanol–water partition coefficient (Wildman–Crippen LogP) is 3.36. The van der Waals surface area contributed by atoms with Gasteiger partial charge in [-0.15, -0.1) is 21.5 Å². The molecule has 114 valence electrons. The minimum atomic E-state index is -0.174. The summed E-state index contributed by atoms with van der Waals surface area (Å²) in [5.41, 5.74) is 0. The van der Waals surface area contributed by atoms with Crippen molar-refractivity contribution in [3.63, 3.8) is 0 Å². The number of thiophene rings is 1. The van der Waals surface area contributed by atoms with Gasteiger partial charge in [-0.3, -0.25) is 4.79 Å². The maximum Gasteiger partial charge on any atom is 0.277 e. The zero-order valence-electron chi connectivity index (χ0n) is 11.7. The van der Waals surface area contributed by atoms with E-state index in [0.29, 0.717) is 11.1 Å². The van der Waals surface area contributed by atoms with Gasteiger partial charge in [0.2, 0.25) is 5.91 Å². The lowest BCUT2D eigenvalue weighted by Crippen LogP contribution is -2.27. The van der Waals surface area contributed by atoms with Gasteiger partial charge in [-0.2, -0.15) is 0 Å². The fourth-order valence-corrected chi connectivity index (χ4v) is 3.01. The average molecular weight is 335 g/mol. The molecule has 22 heavy (non-hydrogen) atoms. The van der Waals surface area contributed by atoms with Gasteiger partial charge in [0.25, 0.3) is 11.1 Å². The Kier molecular flexibility index (Phi) is 4.59. The van der Waals surface area contributed by atoms with Crippen LogP contribution in [0.5, 0.6) is 0 Å². The van der Waals surface area contributed by atoms with E-state index in [9.17, 15) is 4.79 Å². The zero-order valence-corrected chi connectivity index (χ0v) is 13.3. The van der Waals surface area contributed by atoms with Crippen molar-refractivity contribution in [2.75, 3.05) is 5.75 Å². The van der Waals surface area contributed by atoms with Crippen molar-refractivity contribution >= 4 is 29.0 Å². The first kappa shape index (κ1) is 14.9. The first-order valence-electron chi connectivity index (χ1n) is 6.55. The van der Waals surface area contributed by atoms with Crippen LogP contribution in [-0.4, -0.2) is 21.9 Å². The molecule has 0 aliphatic rings. The largest absolute Gasteiger partial charge is 0.467 e. The highest BCUT2D eigenvalue weighted by molar-refractivity contribution is 7.99. The summed E-state index contributed by atoms with van der Waals surface area (Å²) >= 11 is 2.73. The Labute approximate surface area is 134 Å². The molecule has 6 nitrogen and oxygen atoms in total. The van der Waals surface area contributed by atoms with Crippen molar-refractivity contribution in [2.24, 2.45) is 0 Å². The summed E-state index contributed by atoms with van der Waals surface area (Å²) in [6.07, 6.45) is 1.58. The molecular weight excluding hydrogens is 322 g/mol. The first-order valence-corrected chi connectivity index (χ1v) is 8.42. The van der Waals surface area contributed by atoms with Gasteiger partial charge < -0.3 is 14.2 Å². The van der Waals surface area contributed by atoms with Crippen LogP contribution in [0.3, 0.4) is 0 Å². The van der Waals surface area contributed by atoms with E-state index in [1.165, 1.54) is 23.1 Å². The second kappa shape index (κ2) is 6.80. The number of thioether (sulfide) groups is 1. The monoisotopic (exact) mass is 335 g/mol. The lowest BCUT2D eigenvalue weighted by atomic mass is 10.2. The van der Waals surface area contributed by atoms with E-state index in [4.69, 9.17) is 8.83 Å². The van der Waals surface area contributed by atoms with E-state index in [-0.39, 0.29) is 17.7 Å². The van der Waals surface area contributed by atoms with E-state index in [2.05, 4.69) is 15.5 Å². The Balaban J connectivity index is 1.51. The molecular formula is C14H13N3O3S2. The Hall–Kier alpha value is -2.06. The topological polar surface area (TPSA) is 81.2 Å². The molecule has 0 bridgehead atoms. The third-order valence-electron chi connectivity index (χ3n) is 2.81. The predicted molar refractivity (Wildman–Crippen MR) is 83.6 cm³/mol. The normalized spacial score (nSPS) is 12.2. The van der Waals surface area contributed by atoms with Gasteiger partial charge in [0.15, 0.2) is 0 Å². The van der Waals surface area contributed by atoms with Crippen LogP contribution >= 0.6 is 23.1 Å². The standard InChI is InChI=1S/C14H13N3O3S2/c1-9(10-4-2-6-19-10)15-12(18)8-22-14-17-16-13(20-14)11-5-3-7-21-11/h2-7,9H,8H2,1H3,(H,15,18)/t9-/m0/s1. The summed E-state index contributed by atoms with van der Waals surface area (Å²) in [5.74, 6) is 1.28. The molecule has 0 unspecified atom stereocenters. The summed E-state index contributed by atoms with van der Waals surface area (Å²) in [4.78, 5) is 12.8. The zero-order chi connectivity index (χ0) is 15.4. The Morgan fingerprint density at radius 2 is 2.32 bits per heavy atom. The van der Waals surface area contributed by atoms with Crippen LogP contribution < -0.4 is 5.32 Å². The van der Waals surface area contributed by atoms with E-state index in [1.807, 2.05) is 30.5 Å². The molecule has 0 spiro atoms. The summed E-state index contributed by atoms with van der Waals surface area (Å²) in [6, 6.07) is 7.26. The Bertz CT molecular complexity index is 722. The number of nitrogens with zero attached hydrogens (tertiary/aromatic N) is 2. The first-order chi connectivity index (χ1) is 10.7. The molecule has 0 aromatic carbocycles. The lowest BCUT2D eigenvalue weighted by molar-refractivity contribution is -0.119. The second-order valence-corrected chi connectivity index (χ2v) is 6.32. The number of furan rings is 1. The maximum absolute atomic E-state index is 11.9. The van der Waals surface area contributed by atoms with Gasteiger partial charge in [-0.25, -0.2) is 0 Å². The van der Waals surface area contributed by atoms with Crippen LogP contribution in [-0.2, 0) is 4.79 Å². The molecule has 1 atom stereocenters. The Morgan fingerprint density at radius 3 is 3.05 bits per heavy atom. The number of hydrogen-bond donors (Lipinski definition) is 1. The smallest absolute Gasteiger partial charge is 0.277 e. The van der Waals surface area contributed by atoms with Crippen LogP contribution in [0.4, 0.5) is 0 Å². The maximum atomic E-state index is 11.9. The highest BCUT2D eigenvalue weighted by Gasteiger charge is 2.14. The Morgan fingerprint density at radius 1 is 1.41 bits per heavy atom. The highest BCUT2D eigenvalue weighted by Crippen LogP contribution is 2.26. The van der Waals surface area contributed by atoms with Gasteiger partial charge in [0.05, 0.1) is 22.9 Å². The summed E-state index contributed by atoms with van der Waals surface area (Å²) in [6.45, 7) is 1.86. The van der Waals surface area contributed by atoms with Crippen molar-refractivity contribution < 1.29 is 13.6 Å². The van der Waals surface area contributed by atoms with Crippen LogP contribution in [0, 0.1) is 0 Å². The molecule has 8 heteroatoms. The number of carbonyl (C=O) groups is 1. The lowest BCUT2D eigenvalue weighted by Gasteiger charge is -2.10. The molecule has 0 radical (unpaired) electrons. The minimum Gasteiger partial charge on any atom is -0.467 e. The van der Waals surface area contributed by atoms with Crippen LogP contribution in [0.2, 0.25) is 0 Å². The summed E-state index contributed by atoms with van der Waals surface area (Å²) in [7, 11) is 0. The second-order valence-electron chi connectivity index (χ2n) is 4.44. The fraction of sp³-hybridized carbons (Fsp3) is 0.214. The van der Waals surface area contributed by atoms with E-state index in [0.717, 1.165) is 10.6 Å². The molecule has 1 amide bonds. The number of rotatable bonds is 6. The molecule has 0 fully saturated rings. The van der Waals surface area contributed by atoms with Crippen LogP contribution in [0.15, 0.2) is 50.0 Å². The van der Waals surface area contributed by atoms with E-state index >= 15 is 0 Å². The molecule has 3 heterocycles. The highest BCUT2D eigenvalue weighted by atomic mass is 32.2. The van der Waals surface area contributed by atoms with Gasteiger partial charge in [0, 0.05) is 0 Å². The summed E-state index contributed by atoms with van der Waals surface area (Å²) in [5, 5.41) is 13.1. The molecule has 3 rings (SSSR count). The van der Waals surface area contributed by atoms with E-state index in [1.54, 1.807) is 12.3 Å². The van der Waals surface area contributed by atoms with Crippen molar-refractivity contribution in [1.29, 1.82) is 0 Å². The van der Waals surface area contributed by atoms with E-state index < -0.39 is 0 Å². The number of amides is 1. The van der Waals surface area contributed by atoms with Gasteiger partial charge in [0.1, 0.15) is 5.76 Å². The van der Waals surface area contributed by atoms with Crippen molar-refractivity contribution in [3.05, 3.63) is 41.7 Å². The number of aromatic nitrogens is 2. The molecule has 1 N–H and O–H groups in total. The average Bonchev–Trinajstić information content (AvgIpc) is 3.25. The molecule has 3 aromatic heterocycles. The van der Waals surface area contributed by atoms with Crippen LogP contribution in [0.1, 0.15) is 18.7 Å². The number of hydrogen-bond acceptors (Lipinski definition) is 7. The molecule has 0 aliphatic carbocycles. The molecule has 0 saturated heterocycles. The SMILES string of the molecule is C[C@H](NC(=O)CSc1nnc(-c2cccs2)o1)c1ccco1. The van der Waals surface area contributed by atoms with Crippen molar-refractivity contribution in [2.45, 2.75) is 18.2 Å². The number of nitrogens with one attached hydrogen (secondary N) is 1. The fourth-order valence-electron chi connectivity index (χ4n) is 1.79. The molecule has 0 aliphatic heterocycles.